The average Bonchev–Trinajstić information content (AvgIpc) is 2.65. The number of fused-ring (bicyclic) bond motifs is 4. The van der Waals surface area contributed by atoms with Gasteiger partial charge in [-0.05, 0) is 66.1 Å². The summed E-state index contributed by atoms with van der Waals surface area (Å²) in [6.45, 7) is 6.45. The highest BCUT2D eigenvalue weighted by Gasteiger charge is 2.48. The van der Waals surface area contributed by atoms with Crippen LogP contribution < -0.4 is 5.32 Å². The summed E-state index contributed by atoms with van der Waals surface area (Å²) in [5, 5.41) is 12.9. The number of nitrogens with one attached hydrogen (secondary N) is 1. The second kappa shape index (κ2) is 7.01. The number of hydrogen-bond donors (Lipinski definition) is 2. The van der Waals surface area contributed by atoms with Gasteiger partial charge >= 0.3 is 0 Å². The number of carbonyl (C=O) groups is 1. The van der Waals surface area contributed by atoms with Crippen molar-refractivity contribution in [3.63, 3.8) is 0 Å². The molecule has 3 atom stereocenters. The third-order valence-corrected chi connectivity index (χ3v) is 6.79. The first kappa shape index (κ1) is 18.1. The molecular weight excluding hydrogens is 336 g/mol. The molecule has 0 radical (unpaired) electrons. The number of hydrogen-bond acceptors (Lipinski definition) is 3. The zero-order valence-electron chi connectivity index (χ0n) is 16.1. The van der Waals surface area contributed by atoms with Crippen LogP contribution in [0.3, 0.4) is 0 Å². The Hall–Kier alpha value is -2.33. The number of phenols is 1. The summed E-state index contributed by atoms with van der Waals surface area (Å²) in [4.78, 5) is 14.8. The van der Waals surface area contributed by atoms with Crippen LogP contribution in [0.15, 0.2) is 48.5 Å². The summed E-state index contributed by atoms with van der Waals surface area (Å²) in [5.41, 5.74) is 3.61. The molecular formula is C23H28N2O2. The molecule has 1 fully saturated rings. The van der Waals surface area contributed by atoms with E-state index in [0.717, 1.165) is 31.6 Å². The van der Waals surface area contributed by atoms with Crippen LogP contribution in [0.5, 0.6) is 5.75 Å². The minimum Gasteiger partial charge on any atom is -0.508 e. The number of likely N-dealkylation sites (tertiary alicyclic amines) is 1. The highest BCUT2D eigenvalue weighted by Crippen LogP contribution is 2.49. The molecule has 1 aliphatic carbocycles. The van der Waals surface area contributed by atoms with Crippen molar-refractivity contribution in [3.05, 3.63) is 59.7 Å². The van der Waals surface area contributed by atoms with E-state index in [4.69, 9.17) is 0 Å². The third kappa shape index (κ3) is 3.34. The second-order valence-electron chi connectivity index (χ2n) is 8.27. The van der Waals surface area contributed by atoms with Crippen molar-refractivity contribution >= 4 is 11.6 Å². The van der Waals surface area contributed by atoms with E-state index < -0.39 is 0 Å². The Morgan fingerprint density at radius 3 is 2.81 bits per heavy atom. The number of phenolic OH excluding ortho intramolecular Hbond substituents is 1. The Labute approximate surface area is 161 Å². The minimum atomic E-state index is 0.0725. The molecule has 2 N–H and O–H groups in total. The van der Waals surface area contributed by atoms with Gasteiger partial charge in [0.05, 0.1) is 0 Å². The van der Waals surface area contributed by atoms with Crippen molar-refractivity contribution in [2.75, 3.05) is 18.4 Å². The van der Waals surface area contributed by atoms with E-state index in [0.29, 0.717) is 24.1 Å². The van der Waals surface area contributed by atoms with Gasteiger partial charge in [-0.1, -0.05) is 38.1 Å². The van der Waals surface area contributed by atoms with Gasteiger partial charge in [-0.25, -0.2) is 0 Å². The first-order valence-corrected chi connectivity index (χ1v) is 9.89. The molecule has 1 heterocycles. The smallest absolute Gasteiger partial charge is 0.225 e. The van der Waals surface area contributed by atoms with E-state index in [-0.39, 0.29) is 11.3 Å². The van der Waals surface area contributed by atoms with Crippen molar-refractivity contribution in [2.45, 2.75) is 44.6 Å². The molecule has 1 aliphatic heterocycles. The fourth-order valence-electron chi connectivity index (χ4n) is 4.96. The van der Waals surface area contributed by atoms with Gasteiger partial charge in [-0.2, -0.15) is 0 Å². The van der Waals surface area contributed by atoms with Gasteiger partial charge in [-0.15, -0.1) is 0 Å². The van der Waals surface area contributed by atoms with Crippen LogP contribution >= 0.6 is 0 Å². The molecule has 1 amide bonds. The number of anilines is 1. The molecule has 1 unspecified atom stereocenters. The van der Waals surface area contributed by atoms with E-state index in [1.165, 1.54) is 11.1 Å². The number of amides is 1. The summed E-state index contributed by atoms with van der Waals surface area (Å²) in [6.07, 6.45) is 2.56. The first-order valence-electron chi connectivity index (χ1n) is 9.89. The molecule has 0 aromatic heterocycles. The number of benzene rings is 2. The lowest BCUT2D eigenvalue weighted by Gasteiger charge is -2.54. The highest BCUT2D eigenvalue weighted by atomic mass is 16.3. The zero-order valence-corrected chi connectivity index (χ0v) is 16.1. The molecule has 2 aliphatic rings. The first-order chi connectivity index (χ1) is 13.0. The van der Waals surface area contributed by atoms with Crippen molar-refractivity contribution in [1.82, 2.24) is 4.90 Å². The van der Waals surface area contributed by atoms with Crippen LogP contribution in [0, 0.1) is 5.92 Å². The predicted octanol–water partition coefficient (Wildman–Crippen LogP) is 3.95. The second-order valence-corrected chi connectivity index (χ2v) is 8.27. The summed E-state index contributed by atoms with van der Waals surface area (Å²) in [6, 6.07) is 15.9. The summed E-state index contributed by atoms with van der Waals surface area (Å²) >= 11 is 0. The molecule has 2 aromatic carbocycles. The molecule has 2 bridgehead atoms. The lowest BCUT2D eigenvalue weighted by Crippen LogP contribution is -2.58. The maximum atomic E-state index is 12.3. The van der Waals surface area contributed by atoms with E-state index >= 15 is 0 Å². The molecule has 27 heavy (non-hydrogen) atoms. The SMILES string of the molecule is C[C@H]1C2Cc3ccc(O)cc3[C@@]1(C)CCN2CCC(=O)Nc1ccccc1. The molecule has 4 heteroatoms. The summed E-state index contributed by atoms with van der Waals surface area (Å²) < 4.78 is 0. The summed E-state index contributed by atoms with van der Waals surface area (Å²) in [5.74, 6) is 0.932. The Morgan fingerprint density at radius 2 is 2.04 bits per heavy atom. The van der Waals surface area contributed by atoms with Gasteiger partial charge in [0, 0.05) is 24.7 Å². The van der Waals surface area contributed by atoms with Crippen LogP contribution in [0.1, 0.15) is 37.8 Å². The number of nitrogens with zero attached hydrogens (tertiary/aromatic N) is 1. The largest absolute Gasteiger partial charge is 0.508 e. The standard InChI is InChI=1S/C23H28N2O2/c1-16-21-14-17-8-9-19(26)15-20(17)23(16,2)11-13-25(21)12-10-22(27)24-18-6-4-3-5-7-18/h3-9,15-16,21,26H,10-14H2,1-2H3,(H,24,27)/t16-,21?,23-/m0/s1. The summed E-state index contributed by atoms with van der Waals surface area (Å²) in [7, 11) is 0. The molecule has 142 valence electrons. The third-order valence-electron chi connectivity index (χ3n) is 6.79. The fourth-order valence-corrected chi connectivity index (χ4v) is 4.96. The predicted molar refractivity (Wildman–Crippen MR) is 108 cm³/mol. The lowest BCUT2D eigenvalue weighted by atomic mass is 9.59. The number of aromatic hydroxyl groups is 1. The quantitative estimate of drug-likeness (QED) is 0.864. The monoisotopic (exact) mass is 364 g/mol. The molecule has 2 aromatic rings. The molecule has 1 saturated heterocycles. The van der Waals surface area contributed by atoms with Crippen LogP contribution in [0.2, 0.25) is 0 Å². The number of para-hydroxylation sites is 1. The van der Waals surface area contributed by atoms with Crippen molar-refractivity contribution in [3.8, 4) is 5.75 Å². The normalized spacial score (nSPS) is 27.0. The van der Waals surface area contributed by atoms with Gasteiger partial charge in [0.1, 0.15) is 5.75 Å². The molecule has 4 nitrogen and oxygen atoms in total. The molecule has 0 saturated carbocycles. The van der Waals surface area contributed by atoms with Crippen molar-refractivity contribution in [1.29, 1.82) is 0 Å². The van der Waals surface area contributed by atoms with Gasteiger partial charge in [0.2, 0.25) is 5.91 Å². The van der Waals surface area contributed by atoms with E-state index in [1.807, 2.05) is 36.4 Å². The Bertz CT molecular complexity index is 836. The maximum absolute atomic E-state index is 12.3. The van der Waals surface area contributed by atoms with Crippen molar-refractivity contribution < 1.29 is 9.90 Å². The van der Waals surface area contributed by atoms with Gasteiger partial charge in [0.15, 0.2) is 0 Å². The van der Waals surface area contributed by atoms with E-state index in [1.54, 1.807) is 6.07 Å². The number of piperidine rings is 1. The zero-order chi connectivity index (χ0) is 19.0. The molecule has 0 spiro atoms. The Balaban J connectivity index is 1.45. The van der Waals surface area contributed by atoms with Crippen LogP contribution in [0.25, 0.3) is 0 Å². The minimum absolute atomic E-state index is 0.0725. The maximum Gasteiger partial charge on any atom is 0.225 e. The average molecular weight is 364 g/mol. The topological polar surface area (TPSA) is 52.6 Å². The van der Waals surface area contributed by atoms with Crippen molar-refractivity contribution in [2.24, 2.45) is 5.92 Å². The van der Waals surface area contributed by atoms with Gasteiger partial charge < -0.3 is 10.4 Å². The number of rotatable bonds is 4. The highest BCUT2D eigenvalue weighted by molar-refractivity contribution is 5.90. The molecule has 4 rings (SSSR count). The van der Waals surface area contributed by atoms with Crippen LogP contribution in [0.4, 0.5) is 5.69 Å². The van der Waals surface area contributed by atoms with Gasteiger partial charge in [-0.3, -0.25) is 9.69 Å². The van der Waals surface area contributed by atoms with Crippen LogP contribution in [-0.4, -0.2) is 35.0 Å². The van der Waals surface area contributed by atoms with E-state index in [2.05, 4.69) is 30.1 Å². The Kier molecular flexibility index (Phi) is 4.68. The van der Waals surface area contributed by atoms with Crippen LogP contribution in [-0.2, 0) is 16.6 Å². The fraction of sp³-hybridized carbons (Fsp3) is 0.435. The van der Waals surface area contributed by atoms with Gasteiger partial charge in [0.25, 0.3) is 0 Å². The lowest BCUT2D eigenvalue weighted by molar-refractivity contribution is -0.117. The Morgan fingerprint density at radius 1 is 1.26 bits per heavy atom. The number of carbonyl (C=O) groups excluding carboxylic acids is 1. The van der Waals surface area contributed by atoms with E-state index in [9.17, 15) is 9.90 Å².